The normalized spacial score (nSPS) is 11.8. The molecular weight excluding hydrogens is 727 g/mol. The quantitative estimate of drug-likeness (QED) is 0.164. The van der Waals surface area contributed by atoms with Gasteiger partial charge in [-0.3, -0.25) is 0 Å². The van der Waals surface area contributed by atoms with Gasteiger partial charge in [0, 0.05) is 47.6 Å². The summed E-state index contributed by atoms with van der Waals surface area (Å²) in [5.41, 5.74) is 9.10. The van der Waals surface area contributed by atoms with E-state index in [9.17, 15) is 0 Å². The van der Waals surface area contributed by atoms with Gasteiger partial charge in [0.05, 0.1) is 0 Å². The average Bonchev–Trinajstić information content (AvgIpc) is 3.87. The Hall–Kier alpha value is -7.47. The molecule has 0 saturated heterocycles. The van der Waals surface area contributed by atoms with Crippen LogP contribution in [0.3, 0.4) is 0 Å². The van der Waals surface area contributed by atoms with E-state index < -0.39 is 0 Å². The van der Waals surface area contributed by atoms with Crippen molar-refractivity contribution in [2.24, 2.45) is 0 Å². The van der Waals surface area contributed by atoms with Gasteiger partial charge in [-0.05, 0) is 80.2 Å². The van der Waals surface area contributed by atoms with Crippen LogP contribution in [-0.4, -0.2) is 15.0 Å². The van der Waals surface area contributed by atoms with E-state index in [4.69, 9.17) is 19.4 Å². The molecule has 12 rings (SSSR count). The molecule has 0 aliphatic rings. The molecule has 0 unspecified atom stereocenters. The van der Waals surface area contributed by atoms with Gasteiger partial charge in [0.15, 0.2) is 17.5 Å². The van der Waals surface area contributed by atoms with E-state index in [1.165, 1.54) is 47.3 Å². The van der Waals surface area contributed by atoms with Gasteiger partial charge in [0.2, 0.25) is 0 Å². The first kappa shape index (κ1) is 32.7. The van der Waals surface area contributed by atoms with Crippen LogP contribution in [0.1, 0.15) is 0 Å². The van der Waals surface area contributed by atoms with Gasteiger partial charge in [-0.15, -0.1) is 11.3 Å². The first-order chi connectivity index (χ1) is 28.7. The van der Waals surface area contributed by atoms with Crippen molar-refractivity contribution < 1.29 is 4.42 Å². The molecule has 4 nitrogen and oxygen atoms in total. The topological polar surface area (TPSA) is 51.8 Å². The molecule has 0 N–H and O–H groups in total. The number of nitrogens with zero attached hydrogens (tertiary/aromatic N) is 3. The van der Waals surface area contributed by atoms with Gasteiger partial charge < -0.3 is 4.42 Å². The maximum Gasteiger partial charge on any atom is 0.164 e. The highest BCUT2D eigenvalue weighted by atomic mass is 32.1. The van der Waals surface area contributed by atoms with E-state index in [-0.39, 0.29) is 0 Å². The molecule has 58 heavy (non-hydrogen) atoms. The summed E-state index contributed by atoms with van der Waals surface area (Å²) in [6.45, 7) is 0. The molecule has 0 aliphatic heterocycles. The molecule has 9 aromatic carbocycles. The second-order valence-electron chi connectivity index (χ2n) is 14.8. The Morgan fingerprint density at radius 2 is 0.931 bits per heavy atom. The Morgan fingerprint density at radius 1 is 0.328 bits per heavy atom. The van der Waals surface area contributed by atoms with Crippen LogP contribution < -0.4 is 0 Å². The number of hydrogen-bond donors (Lipinski definition) is 0. The van der Waals surface area contributed by atoms with Crippen LogP contribution in [-0.2, 0) is 0 Å². The minimum absolute atomic E-state index is 0.631. The van der Waals surface area contributed by atoms with Crippen LogP contribution in [0.15, 0.2) is 192 Å². The zero-order chi connectivity index (χ0) is 38.2. The number of rotatable bonds is 5. The summed E-state index contributed by atoms with van der Waals surface area (Å²) in [6, 6.07) is 66.4. The summed E-state index contributed by atoms with van der Waals surface area (Å²) in [7, 11) is 0. The smallest absolute Gasteiger partial charge is 0.164 e. The zero-order valence-electron chi connectivity index (χ0n) is 31.1. The Labute approximate surface area is 337 Å². The molecule has 270 valence electrons. The standard InChI is InChI=1S/C53H31N3OS/c1-2-10-34(11-3-1)51-54-52(56-53(55-51)39-24-27-44-43-13-6-7-16-48(43)58-49(44)31-39)35-20-17-33(18-21-35)42-14-8-15-47-50(42)45-30-37(25-28-46(45)57-47)36-23-26-41-38(29-36)22-19-32-9-4-5-12-40(32)41/h1-31H. The van der Waals surface area contributed by atoms with Crippen LogP contribution in [0, 0.1) is 0 Å². The SMILES string of the molecule is c1ccc(-c2nc(-c3ccc(-c4cccc5oc6ccc(-c7ccc8c(ccc9ccccc98)c7)cc6c45)cc3)nc(-c3ccc4c(c3)sc3ccccc34)n2)cc1. The van der Waals surface area contributed by atoms with E-state index in [2.05, 4.69) is 158 Å². The Kier molecular flexibility index (Phi) is 7.37. The van der Waals surface area contributed by atoms with Crippen molar-refractivity contribution >= 4 is 75.0 Å². The summed E-state index contributed by atoms with van der Waals surface area (Å²) in [6.07, 6.45) is 0. The largest absolute Gasteiger partial charge is 0.456 e. The molecule has 0 atom stereocenters. The molecule has 5 heteroatoms. The summed E-state index contributed by atoms with van der Waals surface area (Å²) in [4.78, 5) is 15.1. The van der Waals surface area contributed by atoms with Gasteiger partial charge in [-0.25, -0.2) is 15.0 Å². The fraction of sp³-hybridized carbons (Fsp3) is 0. The number of benzene rings is 9. The molecule has 0 bridgehead atoms. The Bertz CT molecular complexity index is 3570. The van der Waals surface area contributed by atoms with Gasteiger partial charge in [0.25, 0.3) is 0 Å². The van der Waals surface area contributed by atoms with E-state index in [0.717, 1.165) is 55.3 Å². The summed E-state index contributed by atoms with van der Waals surface area (Å²) < 4.78 is 8.93. The second kappa shape index (κ2) is 13.1. The number of thiophene rings is 1. The van der Waals surface area contributed by atoms with Crippen molar-refractivity contribution in [3.05, 3.63) is 188 Å². The molecular formula is C53H31N3OS. The minimum Gasteiger partial charge on any atom is -0.456 e. The van der Waals surface area contributed by atoms with Crippen molar-refractivity contribution in [2.75, 3.05) is 0 Å². The summed E-state index contributed by atoms with van der Waals surface area (Å²) in [5, 5.41) is 9.74. The molecule has 0 saturated carbocycles. The third-order valence-electron chi connectivity index (χ3n) is 11.3. The number of hydrogen-bond acceptors (Lipinski definition) is 5. The predicted molar refractivity (Wildman–Crippen MR) is 242 cm³/mol. The van der Waals surface area contributed by atoms with Crippen LogP contribution in [0.25, 0.3) is 120 Å². The number of aromatic nitrogens is 3. The Balaban J connectivity index is 0.940. The minimum atomic E-state index is 0.631. The maximum absolute atomic E-state index is 6.44. The molecule has 12 aromatic rings. The highest BCUT2D eigenvalue weighted by Gasteiger charge is 2.17. The number of fused-ring (bicyclic) bond motifs is 9. The molecule has 0 amide bonds. The molecule has 0 spiro atoms. The van der Waals surface area contributed by atoms with Gasteiger partial charge in [0.1, 0.15) is 11.2 Å². The highest BCUT2D eigenvalue weighted by Crippen LogP contribution is 2.40. The van der Waals surface area contributed by atoms with E-state index in [1.807, 2.05) is 30.3 Å². The zero-order valence-corrected chi connectivity index (χ0v) is 31.9. The van der Waals surface area contributed by atoms with Crippen LogP contribution in [0.2, 0.25) is 0 Å². The van der Waals surface area contributed by atoms with Crippen LogP contribution >= 0.6 is 11.3 Å². The molecule has 3 aromatic heterocycles. The summed E-state index contributed by atoms with van der Waals surface area (Å²) >= 11 is 1.80. The number of furan rings is 1. The second-order valence-corrected chi connectivity index (χ2v) is 15.9. The van der Waals surface area contributed by atoms with Gasteiger partial charge >= 0.3 is 0 Å². The molecule has 0 radical (unpaired) electrons. The molecule has 3 heterocycles. The van der Waals surface area contributed by atoms with Crippen molar-refractivity contribution in [1.29, 1.82) is 0 Å². The fourth-order valence-corrected chi connectivity index (χ4v) is 9.60. The lowest BCUT2D eigenvalue weighted by Gasteiger charge is -2.10. The average molecular weight is 758 g/mol. The van der Waals surface area contributed by atoms with Crippen LogP contribution in [0.4, 0.5) is 0 Å². The first-order valence-corrected chi connectivity index (χ1v) is 20.2. The van der Waals surface area contributed by atoms with Crippen molar-refractivity contribution in [3.8, 4) is 56.4 Å². The lowest BCUT2D eigenvalue weighted by molar-refractivity contribution is 0.669. The van der Waals surface area contributed by atoms with E-state index in [0.29, 0.717) is 17.5 Å². The first-order valence-electron chi connectivity index (χ1n) is 19.4. The highest BCUT2D eigenvalue weighted by molar-refractivity contribution is 7.25. The lowest BCUT2D eigenvalue weighted by Crippen LogP contribution is -2.00. The van der Waals surface area contributed by atoms with Crippen molar-refractivity contribution in [2.45, 2.75) is 0 Å². The van der Waals surface area contributed by atoms with Gasteiger partial charge in [-0.2, -0.15) is 0 Å². The molecule has 0 fully saturated rings. The molecule has 0 aliphatic carbocycles. The Morgan fingerprint density at radius 3 is 1.79 bits per heavy atom. The summed E-state index contributed by atoms with van der Waals surface area (Å²) in [5.74, 6) is 1.93. The van der Waals surface area contributed by atoms with Gasteiger partial charge in [-0.1, -0.05) is 152 Å². The third kappa shape index (κ3) is 5.40. The maximum atomic E-state index is 6.44. The van der Waals surface area contributed by atoms with Crippen LogP contribution in [0.5, 0.6) is 0 Å². The van der Waals surface area contributed by atoms with Crippen molar-refractivity contribution in [1.82, 2.24) is 15.0 Å². The van der Waals surface area contributed by atoms with Crippen molar-refractivity contribution in [3.63, 3.8) is 0 Å². The predicted octanol–water partition coefficient (Wildman–Crippen LogP) is 14.8. The van der Waals surface area contributed by atoms with E-state index >= 15 is 0 Å². The monoisotopic (exact) mass is 757 g/mol. The third-order valence-corrected chi connectivity index (χ3v) is 12.5. The lowest BCUT2D eigenvalue weighted by atomic mass is 9.95. The fourth-order valence-electron chi connectivity index (χ4n) is 8.45. The van der Waals surface area contributed by atoms with E-state index in [1.54, 1.807) is 11.3 Å².